The van der Waals surface area contributed by atoms with Crippen molar-refractivity contribution in [1.82, 2.24) is 10.2 Å². The lowest BCUT2D eigenvalue weighted by Gasteiger charge is -2.31. The smallest absolute Gasteiger partial charge is 0.243 e. The van der Waals surface area contributed by atoms with E-state index in [9.17, 15) is 18.0 Å². The van der Waals surface area contributed by atoms with Gasteiger partial charge in [0, 0.05) is 30.6 Å². The number of rotatable bonds is 13. The quantitative estimate of drug-likeness (QED) is 0.400. The van der Waals surface area contributed by atoms with Crippen LogP contribution in [0.3, 0.4) is 0 Å². The molecule has 0 aliphatic heterocycles. The monoisotopic (exact) mass is 535 g/mol. The molecule has 0 saturated heterocycles. The van der Waals surface area contributed by atoms with Crippen LogP contribution < -0.4 is 9.62 Å². The molecule has 1 atom stereocenters. The second kappa shape index (κ2) is 13.7. The molecule has 0 fully saturated rings. The first kappa shape index (κ1) is 29.6. The lowest BCUT2D eigenvalue weighted by molar-refractivity contribution is -0.141. The van der Waals surface area contributed by atoms with Gasteiger partial charge < -0.3 is 10.2 Å². The van der Waals surface area contributed by atoms with Crippen molar-refractivity contribution in [2.45, 2.75) is 72.0 Å². The van der Waals surface area contributed by atoms with E-state index in [-0.39, 0.29) is 37.4 Å². The largest absolute Gasteiger partial charge is 0.352 e. The first-order valence-electron chi connectivity index (χ1n) is 12.4. The molecule has 7 nitrogen and oxygen atoms in total. The Hall–Kier alpha value is -2.58. The van der Waals surface area contributed by atoms with E-state index in [4.69, 9.17) is 11.6 Å². The van der Waals surface area contributed by atoms with E-state index in [1.54, 1.807) is 29.2 Å². The molecule has 0 radical (unpaired) electrons. The first-order chi connectivity index (χ1) is 17.0. The van der Waals surface area contributed by atoms with Crippen LogP contribution in [-0.4, -0.2) is 50.0 Å². The van der Waals surface area contributed by atoms with Gasteiger partial charge in [-0.3, -0.25) is 13.9 Å². The number of nitrogens with one attached hydrogen (secondary N) is 1. The summed E-state index contributed by atoms with van der Waals surface area (Å²) in [6, 6.07) is 13.9. The third kappa shape index (κ3) is 8.82. The maximum absolute atomic E-state index is 13.4. The number of hydrogen-bond donors (Lipinski definition) is 1. The molecule has 1 unspecified atom stereocenters. The van der Waals surface area contributed by atoms with Crippen LogP contribution in [0, 0.1) is 0 Å². The normalized spacial score (nSPS) is 12.3. The summed E-state index contributed by atoms with van der Waals surface area (Å²) in [6.07, 6.45) is 2.91. The SMILES string of the molecule is CCc1ccc(N(CCCC(=O)N(Cc2ccc(Cl)cc2)C(CC)C(=O)NC(C)C)S(C)(=O)=O)cc1. The predicted octanol–water partition coefficient (Wildman–Crippen LogP) is 4.78. The summed E-state index contributed by atoms with van der Waals surface area (Å²) in [6.45, 7) is 8.09. The van der Waals surface area contributed by atoms with Gasteiger partial charge in [0.05, 0.1) is 11.9 Å². The molecular weight excluding hydrogens is 498 g/mol. The minimum atomic E-state index is -3.52. The first-order valence-corrected chi connectivity index (χ1v) is 14.6. The Bertz CT molecular complexity index is 1100. The molecule has 0 aliphatic rings. The molecule has 0 bridgehead atoms. The number of carbonyl (C=O) groups excluding carboxylic acids is 2. The number of carbonyl (C=O) groups is 2. The standard InChI is InChI=1S/C27H38ClN3O4S/c1-6-21-12-16-24(17-13-21)31(36(5,34)35)18-8-9-26(32)30(19-22-10-14-23(28)15-11-22)25(7-2)27(33)29-20(3)4/h10-17,20,25H,6-9,18-19H2,1-5H3,(H,29,33). The molecular formula is C27H38ClN3O4S. The highest BCUT2D eigenvalue weighted by atomic mass is 35.5. The molecule has 9 heteroatoms. The second-order valence-corrected chi connectivity index (χ2v) is 11.5. The van der Waals surface area contributed by atoms with Crippen LogP contribution in [0.2, 0.25) is 5.02 Å². The fraction of sp³-hybridized carbons (Fsp3) is 0.481. The van der Waals surface area contributed by atoms with E-state index in [1.165, 1.54) is 10.6 Å². The average molecular weight is 536 g/mol. The summed E-state index contributed by atoms with van der Waals surface area (Å²) < 4.78 is 26.3. The van der Waals surface area contributed by atoms with Gasteiger partial charge in [-0.1, -0.05) is 49.7 Å². The Morgan fingerprint density at radius 2 is 1.56 bits per heavy atom. The molecule has 2 amide bonds. The number of anilines is 1. The molecule has 0 spiro atoms. The van der Waals surface area contributed by atoms with Gasteiger partial charge in [0.15, 0.2) is 0 Å². The molecule has 0 heterocycles. The van der Waals surface area contributed by atoms with Crippen molar-refractivity contribution >= 4 is 39.1 Å². The molecule has 36 heavy (non-hydrogen) atoms. The van der Waals surface area contributed by atoms with Crippen LogP contribution in [0.4, 0.5) is 5.69 Å². The van der Waals surface area contributed by atoms with Gasteiger partial charge in [-0.15, -0.1) is 0 Å². The fourth-order valence-electron chi connectivity index (χ4n) is 3.99. The van der Waals surface area contributed by atoms with Crippen LogP contribution in [0.1, 0.15) is 58.1 Å². The van der Waals surface area contributed by atoms with Crippen molar-refractivity contribution in [2.75, 3.05) is 17.1 Å². The van der Waals surface area contributed by atoms with Gasteiger partial charge in [0.2, 0.25) is 21.8 Å². The highest BCUT2D eigenvalue weighted by molar-refractivity contribution is 7.92. The topological polar surface area (TPSA) is 86.8 Å². The molecule has 198 valence electrons. The highest BCUT2D eigenvalue weighted by Gasteiger charge is 2.29. The summed E-state index contributed by atoms with van der Waals surface area (Å²) in [5.74, 6) is -0.408. The zero-order valence-corrected chi connectivity index (χ0v) is 23.4. The van der Waals surface area contributed by atoms with Crippen molar-refractivity contribution in [2.24, 2.45) is 0 Å². The van der Waals surface area contributed by atoms with Gasteiger partial charge >= 0.3 is 0 Å². The van der Waals surface area contributed by atoms with Crippen LogP contribution >= 0.6 is 11.6 Å². The lowest BCUT2D eigenvalue weighted by atomic mass is 10.1. The maximum atomic E-state index is 13.4. The summed E-state index contributed by atoms with van der Waals surface area (Å²) in [7, 11) is -3.52. The Balaban J connectivity index is 2.20. The van der Waals surface area contributed by atoms with E-state index in [0.29, 0.717) is 23.6 Å². The highest BCUT2D eigenvalue weighted by Crippen LogP contribution is 2.21. The predicted molar refractivity (Wildman–Crippen MR) is 147 cm³/mol. The third-order valence-electron chi connectivity index (χ3n) is 5.87. The Morgan fingerprint density at radius 1 is 0.972 bits per heavy atom. The molecule has 2 rings (SSSR count). The molecule has 0 aromatic heterocycles. The van der Waals surface area contributed by atoms with Crippen molar-refractivity contribution < 1.29 is 18.0 Å². The molecule has 0 aliphatic carbocycles. The van der Waals surface area contributed by atoms with Crippen molar-refractivity contribution in [3.05, 3.63) is 64.7 Å². The van der Waals surface area contributed by atoms with Gasteiger partial charge in [0.1, 0.15) is 6.04 Å². The van der Waals surface area contributed by atoms with Crippen molar-refractivity contribution in [1.29, 1.82) is 0 Å². The number of amides is 2. The Labute approximate surface area is 220 Å². The number of hydrogen-bond acceptors (Lipinski definition) is 4. The molecule has 1 N–H and O–H groups in total. The summed E-state index contributed by atoms with van der Waals surface area (Å²) in [5, 5.41) is 3.50. The lowest BCUT2D eigenvalue weighted by Crippen LogP contribution is -2.50. The number of halogens is 1. The third-order valence-corrected chi connectivity index (χ3v) is 7.31. The van der Waals surface area contributed by atoms with Crippen LogP contribution in [0.25, 0.3) is 0 Å². The summed E-state index contributed by atoms with van der Waals surface area (Å²) in [5.41, 5.74) is 2.55. The molecule has 2 aromatic carbocycles. The van der Waals surface area contributed by atoms with Gasteiger partial charge in [-0.05, 0) is 68.5 Å². The van der Waals surface area contributed by atoms with E-state index in [2.05, 4.69) is 5.32 Å². The Kier molecular flexibility index (Phi) is 11.2. The van der Waals surface area contributed by atoms with Gasteiger partial charge in [-0.2, -0.15) is 0 Å². The van der Waals surface area contributed by atoms with E-state index < -0.39 is 16.1 Å². The van der Waals surface area contributed by atoms with Crippen LogP contribution in [0.5, 0.6) is 0 Å². The van der Waals surface area contributed by atoms with E-state index in [0.717, 1.165) is 17.5 Å². The number of aryl methyl sites for hydroxylation is 1. The molecule has 0 saturated carbocycles. The Morgan fingerprint density at radius 3 is 2.06 bits per heavy atom. The van der Waals surface area contributed by atoms with Gasteiger partial charge in [0.25, 0.3) is 0 Å². The minimum Gasteiger partial charge on any atom is -0.352 e. The van der Waals surface area contributed by atoms with Crippen molar-refractivity contribution in [3.63, 3.8) is 0 Å². The summed E-state index contributed by atoms with van der Waals surface area (Å²) >= 11 is 6.01. The average Bonchev–Trinajstić information content (AvgIpc) is 2.81. The fourth-order valence-corrected chi connectivity index (χ4v) is 5.08. The van der Waals surface area contributed by atoms with Crippen molar-refractivity contribution in [3.8, 4) is 0 Å². The molecule has 2 aromatic rings. The van der Waals surface area contributed by atoms with E-state index >= 15 is 0 Å². The zero-order chi connectivity index (χ0) is 26.9. The number of nitrogens with zero attached hydrogens (tertiary/aromatic N) is 2. The zero-order valence-electron chi connectivity index (χ0n) is 21.8. The van der Waals surface area contributed by atoms with Crippen LogP contribution in [-0.2, 0) is 32.6 Å². The number of benzene rings is 2. The van der Waals surface area contributed by atoms with Crippen LogP contribution in [0.15, 0.2) is 48.5 Å². The second-order valence-electron chi connectivity index (χ2n) is 9.19. The van der Waals surface area contributed by atoms with E-state index in [1.807, 2.05) is 52.0 Å². The van der Waals surface area contributed by atoms with Gasteiger partial charge in [-0.25, -0.2) is 8.42 Å². The summed E-state index contributed by atoms with van der Waals surface area (Å²) in [4.78, 5) is 27.9. The number of sulfonamides is 1. The minimum absolute atomic E-state index is 0.0542. The maximum Gasteiger partial charge on any atom is 0.243 e.